The van der Waals surface area contributed by atoms with Gasteiger partial charge in [0.2, 0.25) is 0 Å². The Balaban J connectivity index is 2.02. The summed E-state index contributed by atoms with van der Waals surface area (Å²) in [6, 6.07) is 10.1. The zero-order valence-electron chi connectivity index (χ0n) is 8.85. The summed E-state index contributed by atoms with van der Waals surface area (Å²) in [5.41, 5.74) is 1.24. The van der Waals surface area contributed by atoms with E-state index in [4.69, 9.17) is 4.74 Å². The van der Waals surface area contributed by atoms with E-state index in [1.807, 2.05) is 25.1 Å². The molecular weight excluding hydrogens is 190 g/mol. The highest BCUT2D eigenvalue weighted by atomic mass is 16.5. The number of cyclic esters (lactones) is 1. The third-order valence-corrected chi connectivity index (χ3v) is 2.74. The SMILES string of the molecule is CC1C(=O)OCCN1Cc1ccccc1. The van der Waals surface area contributed by atoms with E-state index in [9.17, 15) is 4.79 Å². The fraction of sp³-hybridized carbons (Fsp3) is 0.417. The Kier molecular flexibility index (Phi) is 3.02. The highest BCUT2D eigenvalue weighted by Gasteiger charge is 2.26. The molecule has 80 valence electrons. The molecule has 0 amide bonds. The standard InChI is InChI=1S/C12H15NO2/c1-10-12(14)15-8-7-13(10)9-11-5-3-2-4-6-11/h2-6,10H,7-9H2,1H3. The molecule has 1 aromatic carbocycles. The van der Waals surface area contributed by atoms with E-state index in [-0.39, 0.29) is 12.0 Å². The number of rotatable bonds is 2. The number of carbonyl (C=O) groups excluding carboxylic acids is 1. The van der Waals surface area contributed by atoms with Crippen LogP contribution in [0.2, 0.25) is 0 Å². The number of morpholine rings is 1. The fourth-order valence-corrected chi connectivity index (χ4v) is 1.76. The van der Waals surface area contributed by atoms with E-state index in [2.05, 4.69) is 17.0 Å². The van der Waals surface area contributed by atoms with Gasteiger partial charge in [0.1, 0.15) is 12.6 Å². The molecule has 1 aromatic rings. The van der Waals surface area contributed by atoms with Crippen LogP contribution in [0.3, 0.4) is 0 Å². The minimum absolute atomic E-state index is 0.114. The smallest absolute Gasteiger partial charge is 0.323 e. The maximum absolute atomic E-state index is 11.3. The van der Waals surface area contributed by atoms with Gasteiger partial charge in [0.15, 0.2) is 0 Å². The Bertz CT molecular complexity index is 337. The van der Waals surface area contributed by atoms with Gasteiger partial charge in [-0.15, -0.1) is 0 Å². The lowest BCUT2D eigenvalue weighted by molar-refractivity contribution is -0.156. The molecule has 0 spiro atoms. The van der Waals surface area contributed by atoms with E-state index in [0.717, 1.165) is 13.1 Å². The fourth-order valence-electron chi connectivity index (χ4n) is 1.76. The van der Waals surface area contributed by atoms with Gasteiger partial charge in [-0.25, -0.2) is 0 Å². The number of nitrogens with zero attached hydrogens (tertiary/aromatic N) is 1. The highest BCUT2D eigenvalue weighted by Crippen LogP contribution is 2.12. The van der Waals surface area contributed by atoms with Gasteiger partial charge in [-0.1, -0.05) is 30.3 Å². The number of ether oxygens (including phenoxy) is 1. The molecule has 0 bridgehead atoms. The lowest BCUT2D eigenvalue weighted by Gasteiger charge is -2.31. The molecule has 0 aliphatic carbocycles. The lowest BCUT2D eigenvalue weighted by Crippen LogP contribution is -2.46. The molecule has 3 heteroatoms. The van der Waals surface area contributed by atoms with Gasteiger partial charge in [0, 0.05) is 13.1 Å². The topological polar surface area (TPSA) is 29.5 Å². The van der Waals surface area contributed by atoms with Crippen molar-refractivity contribution in [1.82, 2.24) is 4.90 Å². The Hall–Kier alpha value is -1.35. The maximum atomic E-state index is 11.3. The van der Waals surface area contributed by atoms with Crippen molar-refractivity contribution in [2.45, 2.75) is 19.5 Å². The normalized spacial score (nSPS) is 22.5. The van der Waals surface area contributed by atoms with Gasteiger partial charge in [0.25, 0.3) is 0 Å². The summed E-state index contributed by atoms with van der Waals surface area (Å²) in [4.78, 5) is 13.5. The molecule has 0 saturated carbocycles. The number of benzene rings is 1. The average molecular weight is 205 g/mol. The third-order valence-electron chi connectivity index (χ3n) is 2.74. The predicted octanol–water partition coefficient (Wildman–Crippen LogP) is 1.43. The van der Waals surface area contributed by atoms with E-state index in [1.54, 1.807) is 0 Å². The first-order chi connectivity index (χ1) is 7.27. The van der Waals surface area contributed by atoms with Gasteiger partial charge < -0.3 is 4.74 Å². The first kappa shape index (κ1) is 10.2. The van der Waals surface area contributed by atoms with Crippen LogP contribution < -0.4 is 0 Å². The summed E-state index contributed by atoms with van der Waals surface area (Å²) in [5.74, 6) is -0.114. The minimum atomic E-state index is -0.126. The molecule has 1 heterocycles. The van der Waals surface area contributed by atoms with Gasteiger partial charge in [-0.05, 0) is 12.5 Å². The monoisotopic (exact) mass is 205 g/mol. The quantitative estimate of drug-likeness (QED) is 0.684. The zero-order valence-corrected chi connectivity index (χ0v) is 8.85. The maximum Gasteiger partial charge on any atom is 0.323 e. The first-order valence-corrected chi connectivity index (χ1v) is 5.22. The number of hydrogen-bond acceptors (Lipinski definition) is 3. The van der Waals surface area contributed by atoms with Crippen LogP contribution in [0, 0.1) is 0 Å². The molecule has 0 radical (unpaired) electrons. The summed E-state index contributed by atoms with van der Waals surface area (Å²) in [6.45, 7) is 4.04. The molecule has 1 fully saturated rings. The Morgan fingerprint density at radius 3 is 2.87 bits per heavy atom. The molecule has 1 aliphatic rings. The van der Waals surface area contributed by atoms with E-state index in [0.29, 0.717) is 6.61 Å². The molecule has 1 atom stereocenters. The van der Waals surface area contributed by atoms with E-state index in [1.165, 1.54) is 5.56 Å². The van der Waals surface area contributed by atoms with Crippen molar-refractivity contribution in [3.63, 3.8) is 0 Å². The summed E-state index contributed by atoms with van der Waals surface area (Å²) in [5, 5.41) is 0. The Labute approximate surface area is 89.7 Å². The van der Waals surface area contributed by atoms with Crippen molar-refractivity contribution < 1.29 is 9.53 Å². The van der Waals surface area contributed by atoms with E-state index < -0.39 is 0 Å². The summed E-state index contributed by atoms with van der Waals surface area (Å²) < 4.78 is 4.98. The van der Waals surface area contributed by atoms with Crippen LogP contribution >= 0.6 is 0 Å². The Morgan fingerprint density at radius 2 is 2.13 bits per heavy atom. The minimum Gasteiger partial charge on any atom is -0.463 e. The largest absolute Gasteiger partial charge is 0.463 e. The van der Waals surface area contributed by atoms with E-state index >= 15 is 0 Å². The molecule has 0 N–H and O–H groups in total. The Morgan fingerprint density at radius 1 is 1.40 bits per heavy atom. The number of esters is 1. The van der Waals surface area contributed by atoms with Crippen LogP contribution in [0.4, 0.5) is 0 Å². The summed E-state index contributed by atoms with van der Waals surface area (Å²) >= 11 is 0. The van der Waals surface area contributed by atoms with Crippen molar-refractivity contribution in [3.05, 3.63) is 35.9 Å². The van der Waals surface area contributed by atoms with Gasteiger partial charge in [0.05, 0.1) is 0 Å². The number of hydrogen-bond donors (Lipinski definition) is 0. The van der Waals surface area contributed by atoms with Crippen molar-refractivity contribution in [3.8, 4) is 0 Å². The van der Waals surface area contributed by atoms with Gasteiger partial charge >= 0.3 is 5.97 Å². The van der Waals surface area contributed by atoms with Crippen LogP contribution in [0.15, 0.2) is 30.3 Å². The van der Waals surface area contributed by atoms with Crippen LogP contribution in [0.25, 0.3) is 0 Å². The zero-order chi connectivity index (χ0) is 10.7. The molecular formula is C12H15NO2. The second-order valence-corrected chi connectivity index (χ2v) is 3.80. The van der Waals surface area contributed by atoms with Gasteiger partial charge in [-0.2, -0.15) is 0 Å². The molecule has 0 aromatic heterocycles. The van der Waals surface area contributed by atoms with Crippen molar-refractivity contribution >= 4 is 5.97 Å². The van der Waals surface area contributed by atoms with Crippen molar-refractivity contribution in [2.75, 3.05) is 13.2 Å². The number of carbonyl (C=O) groups is 1. The highest BCUT2D eigenvalue weighted by molar-refractivity contribution is 5.75. The second-order valence-electron chi connectivity index (χ2n) is 3.80. The third kappa shape index (κ3) is 2.36. The molecule has 2 rings (SSSR count). The summed E-state index contributed by atoms with van der Waals surface area (Å²) in [6.07, 6.45) is 0. The van der Waals surface area contributed by atoms with Crippen LogP contribution in [-0.4, -0.2) is 30.1 Å². The van der Waals surface area contributed by atoms with Gasteiger partial charge in [-0.3, -0.25) is 9.69 Å². The average Bonchev–Trinajstić information content (AvgIpc) is 2.26. The van der Waals surface area contributed by atoms with Crippen molar-refractivity contribution in [1.29, 1.82) is 0 Å². The van der Waals surface area contributed by atoms with Crippen molar-refractivity contribution in [2.24, 2.45) is 0 Å². The molecule has 1 saturated heterocycles. The molecule has 15 heavy (non-hydrogen) atoms. The van der Waals surface area contributed by atoms with Crippen LogP contribution in [0.1, 0.15) is 12.5 Å². The molecule has 1 aliphatic heterocycles. The molecule has 3 nitrogen and oxygen atoms in total. The first-order valence-electron chi connectivity index (χ1n) is 5.22. The predicted molar refractivity (Wildman–Crippen MR) is 57.3 cm³/mol. The molecule has 1 unspecified atom stereocenters. The summed E-state index contributed by atoms with van der Waals surface area (Å²) in [7, 11) is 0. The lowest BCUT2D eigenvalue weighted by atomic mass is 10.1. The van der Waals surface area contributed by atoms with Crippen LogP contribution in [-0.2, 0) is 16.1 Å². The second kappa shape index (κ2) is 4.45. The van der Waals surface area contributed by atoms with Crippen LogP contribution in [0.5, 0.6) is 0 Å².